The van der Waals surface area contributed by atoms with Gasteiger partial charge in [0.1, 0.15) is 0 Å². The van der Waals surface area contributed by atoms with Crippen LogP contribution in [0, 0.1) is 17.2 Å². The van der Waals surface area contributed by atoms with Crippen molar-refractivity contribution in [3.05, 3.63) is 64.7 Å². The number of anilines is 1. The topological polar surface area (TPSA) is 73.2 Å². The van der Waals surface area contributed by atoms with Crippen LogP contribution in [0.4, 0.5) is 5.69 Å². The Kier molecular flexibility index (Phi) is 4.18. The molecule has 1 saturated carbocycles. The summed E-state index contributed by atoms with van der Waals surface area (Å²) in [5.74, 6) is 0.244. The molecule has 0 spiro atoms. The van der Waals surface area contributed by atoms with Gasteiger partial charge in [-0.15, -0.1) is 0 Å². The zero-order valence-corrected chi connectivity index (χ0v) is 14.4. The Bertz CT molecular complexity index is 925. The van der Waals surface area contributed by atoms with E-state index in [0.717, 1.165) is 31.4 Å². The first kappa shape index (κ1) is 16.3. The van der Waals surface area contributed by atoms with Crippen molar-refractivity contribution >= 4 is 17.5 Å². The molecule has 130 valence electrons. The monoisotopic (exact) mass is 345 g/mol. The number of nitrogens with zero attached hydrogens (tertiary/aromatic N) is 2. The fourth-order valence-corrected chi connectivity index (χ4v) is 3.34. The molecular formula is C21H19N3O2. The van der Waals surface area contributed by atoms with E-state index < -0.39 is 0 Å². The van der Waals surface area contributed by atoms with Crippen molar-refractivity contribution in [2.24, 2.45) is 5.92 Å². The van der Waals surface area contributed by atoms with Gasteiger partial charge in [-0.3, -0.25) is 9.59 Å². The minimum absolute atomic E-state index is 0.229. The van der Waals surface area contributed by atoms with Gasteiger partial charge >= 0.3 is 0 Å². The fourth-order valence-electron chi connectivity index (χ4n) is 3.34. The predicted octanol–water partition coefficient (Wildman–Crippen LogP) is 3.11. The van der Waals surface area contributed by atoms with Crippen LogP contribution in [0.3, 0.4) is 0 Å². The number of fused-ring (bicyclic) bond motifs is 1. The van der Waals surface area contributed by atoms with E-state index in [1.807, 2.05) is 29.2 Å². The summed E-state index contributed by atoms with van der Waals surface area (Å²) in [5, 5.41) is 11.9. The molecule has 1 fully saturated rings. The van der Waals surface area contributed by atoms with Gasteiger partial charge in [-0.2, -0.15) is 5.26 Å². The summed E-state index contributed by atoms with van der Waals surface area (Å²) in [6.45, 7) is 1.38. The highest BCUT2D eigenvalue weighted by Crippen LogP contribution is 2.33. The summed E-state index contributed by atoms with van der Waals surface area (Å²) in [6.07, 6.45) is 2.88. The average Bonchev–Trinajstić information content (AvgIpc) is 3.52. The SMILES string of the molecule is N#Cc1cccc(C(=O)Nc2ccc3c(c2)CN(C(=O)C2CC2)CC3)c1. The van der Waals surface area contributed by atoms with Gasteiger partial charge in [0.2, 0.25) is 5.91 Å². The Morgan fingerprint density at radius 3 is 2.73 bits per heavy atom. The highest BCUT2D eigenvalue weighted by atomic mass is 16.2. The molecule has 2 aliphatic rings. The fraction of sp³-hybridized carbons (Fsp3) is 0.286. The molecule has 5 heteroatoms. The number of benzene rings is 2. The molecule has 0 unspecified atom stereocenters. The smallest absolute Gasteiger partial charge is 0.255 e. The van der Waals surface area contributed by atoms with Gasteiger partial charge < -0.3 is 10.2 Å². The Balaban J connectivity index is 1.50. The summed E-state index contributed by atoms with van der Waals surface area (Å²) >= 11 is 0. The number of rotatable bonds is 3. The van der Waals surface area contributed by atoms with E-state index in [-0.39, 0.29) is 17.7 Å². The molecular weight excluding hydrogens is 326 g/mol. The van der Waals surface area contributed by atoms with E-state index in [2.05, 4.69) is 5.32 Å². The third kappa shape index (κ3) is 3.31. The summed E-state index contributed by atoms with van der Waals surface area (Å²) < 4.78 is 0. The van der Waals surface area contributed by atoms with Crippen molar-refractivity contribution in [3.63, 3.8) is 0 Å². The van der Waals surface area contributed by atoms with Gasteiger partial charge in [-0.25, -0.2) is 0 Å². The molecule has 1 N–H and O–H groups in total. The van der Waals surface area contributed by atoms with Crippen molar-refractivity contribution in [2.75, 3.05) is 11.9 Å². The highest BCUT2D eigenvalue weighted by molar-refractivity contribution is 6.04. The molecule has 4 rings (SSSR count). The highest BCUT2D eigenvalue weighted by Gasteiger charge is 2.34. The molecule has 1 aliphatic heterocycles. The maximum absolute atomic E-state index is 12.4. The minimum Gasteiger partial charge on any atom is -0.338 e. The number of nitriles is 1. The lowest BCUT2D eigenvalue weighted by atomic mass is 9.98. The molecule has 0 saturated heterocycles. The van der Waals surface area contributed by atoms with Crippen molar-refractivity contribution in [2.45, 2.75) is 25.8 Å². The first-order chi connectivity index (χ1) is 12.6. The van der Waals surface area contributed by atoms with Crippen LogP contribution >= 0.6 is 0 Å². The summed E-state index contributed by atoms with van der Waals surface area (Å²) in [7, 11) is 0. The van der Waals surface area contributed by atoms with Gasteiger partial charge in [0.05, 0.1) is 11.6 Å². The number of carbonyl (C=O) groups is 2. The van der Waals surface area contributed by atoms with E-state index >= 15 is 0 Å². The largest absolute Gasteiger partial charge is 0.338 e. The predicted molar refractivity (Wildman–Crippen MR) is 97.4 cm³/mol. The molecule has 0 radical (unpaired) electrons. The van der Waals surface area contributed by atoms with Gasteiger partial charge in [0.15, 0.2) is 0 Å². The van der Waals surface area contributed by atoms with E-state index in [0.29, 0.717) is 23.4 Å². The second-order valence-electron chi connectivity index (χ2n) is 6.91. The quantitative estimate of drug-likeness (QED) is 0.929. The molecule has 2 amide bonds. The van der Waals surface area contributed by atoms with Crippen LogP contribution in [0.25, 0.3) is 0 Å². The molecule has 2 aromatic carbocycles. The van der Waals surface area contributed by atoms with E-state index in [9.17, 15) is 9.59 Å². The normalized spacial score (nSPS) is 15.7. The molecule has 0 atom stereocenters. The van der Waals surface area contributed by atoms with Crippen molar-refractivity contribution in [3.8, 4) is 6.07 Å². The van der Waals surface area contributed by atoms with Crippen molar-refractivity contribution in [1.82, 2.24) is 4.90 Å². The van der Waals surface area contributed by atoms with Crippen LogP contribution in [-0.2, 0) is 17.8 Å². The summed E-state index contributed by atoms with van der Waals surface area (Å²) in [6, 6.07) is 14.5. The minimum atomic E-state index is -0.247. The van der Waals surface area contributed by atoms with Gasteiger partial charge in [0, 0.05) is 30.3 Å². The lowest BCUT2D eigenvalue weighted by molar-refractivity contribution is -0.133. The molecule has 5 nitrogen and oxygen atoms in total. The Labute approximate surface area is 152 Å². The number of hydrogen-bond donors (Lipinski definition) is 1. The van der Waals surface area contributed by atoms with Crippen LogP contribution < -0.4 is 5.32 Å². The van der Waals surface area contributed by atoms with Gasteiger partial charge in [-0.05, 0) is 60.7 Å². The molecule has 26 heavy (non-hydrogen) atoms. The maximum atomic E-state index is 12.4. The standard InChI is InChI=1S/C21H19N3O2/c22-12-14-2-1-3-17(10-14)20(25)23-19-7-6-15-8-9-24(13-18(15)11-19)21(26)16-4-5-16/h1-3,6-7,10-11,16H,4-5,8-9,13H2,(H,23,25). The lowest BCUT2D eigenvalue weighted by Gasteiger charge is -2.29. The second-order valence-corrected chi connectivity index (χ2v) is 6.91. The first-order valence-corrected chi connectivity index (χ1v) is 8.86. The molecule has 0 aromatic heterocycles. The Morgan fingerprint density at radius 2 is 1.96 bits per heavy atom. The Hall–Kier alpha value is -3.13. The third-order valence-corrected chi connectivity index (χ3v) is 4.97. The molecule has 0 bridgehead atoms. The van der Waals surface area contributed by atoms with Crippen LogP contribution in [0.15, 0.2) is 42.5 Å². The molecule has 2 aromatic rings. The van der Waals surface area contributed by atoms with Crippen molar-refractivity contribution < 1.29 is 9.59 Å². The summed E-state index contributed by atoms with van der Waals surface area (Å²) in [4.78, 5) is 26.7. The van der Waals surface area contributed by atoms with E-state index in [1.165, 1.54) is 5.56 Å². The molecule has 1 heterocycles. The zero-order valence-electron chi connectivity index (χ0n) is 14.4. The zero-order chi connectivity index (χ0) is 18.1. The number of nitrogens with one attached hydrogen (secondary N) is 1. The third-order valence-electron chi connectivity index (χ3n) is 4.97. The van der Waals surface area contributed by atoms with Crippen LogP contribution in [0.2, 0.25) is 0 Å². The Morgan fingerprint density at radius 1 is 1.12 bits per heavy atom. The van der Waals surface area contributed by atoms with Gasteiger partial charge in [0.25, 0.3) is 5.91 Å². The second kappa shape index (κ2) is 6.64. The average molecular weight is 345 g/mol. The van der Waals surface area contributed by atoms with E-state index in [4.69, 9.17) is 5.26 Å². The van der Waals surface area contributed by atoms with Crippen molar-refractivity contribution in [1.29, 1.82) is 5.26 Å². The van der Waals surface area contributed by atoms with Crippen LogP contribution in [0.5, 0.6) is 0 Å². The summed E-state index contributed by atoms with van der Waals surface area (Å²) in [5.41, 5.74) is 3.93. The van der Waals surface area contributed by atoms with E-state index in [1.54, 1.807) is 24.3 Å². The van der Waals surface area contributed by atoms with Gasteiger partial charge in [-0.1, -0.05) is 12.1 Å². The number of hydrogen-bond acceptors (Lipinski definition) is 3. The number of amides is 2. The van der Waals surface area contributed by atoms with Crippen LogP contribution in [0.1, 0.15) is 39.9 Å². The first-order valence-electron chi connectivity index (χ1n) is 8.86. The lowest BCUT2D eigenvalue weighted by Crippen LogP contribution is -2.36. The van der Waals surface area contributed by atoms with Crippen LogP contribution in [-0.4, -0.2) is 23.3 Å². The molecule has 1 aliphatic carbocycles. The maximum Gasteiger partial charge on any atom is 0.255 e. The number of carbonyl (C=O) groups excluding carboxylic acids is 2.